The van der Waals surface area contributed by atoms with Gasteiger partial charge in [0.15, 0.2) is 5.78 Å². The molecule has 0 aliphatic carbocycles. The highest BCUT2D eigenvalue weighted by atomic mass is 127. The molecule has 0 bridgehead atoms. The van der Waals surface area contributed by atoms with E-state index >= 15 is 0 Å². The van der Waals surface area contributed by atoms with Gasteiger partial charge >= 0.3 is 0 Å². The topological polar surface area (TPSA) is 34.9 Å². The minimum atomic E-state index is 0.132. The van der Waals surface area contributed by atoms with Crippen LogP contribution in [0.5, 0.6) is 0 Å². The number of hydrogen-bond donors (Lipinski definition) is 0. The van der Waals surface area contributed by atoms with Crippen molar-refractivity contribution in [2.45, 2.75) is 33.2 Å². The van der Waals surface area contributed by atoms with Gasteiger partial charge in [-0.25, -0.2) is 0 Å². The van der Waals surface area contributed by atoms with Gasteiger partial charge in [-0.15, -0.1) is 0 Å². The molecule has 0 radical (unpaired) electrons. The lowest BCUT2D eigenvalue weighted by atomic mass is 10.1. The molecule has 5 heteroatoms. The van der Waals surface area contributed by atoms with Crippen molar-refractivity contribution in [2.24, 2.45) is 0 Å². The Bertz CT molecular complexity index is 637. The Morgan fingerprint density at radius 1 is 1.35 bits per heavy atom. The summed E-state index contributed by atoms with van der Waals surface area (Å²) < 4.78 is 3.83. The molecule has 20 heavy (non-hydrogen) atoms. The van der Waals surface area contributed by atoms with E-state index in [1.165, 1.54) is 0 Å². The summed E-state index contributed by atoms with van der Waals surface area (Å²) >= 11 is 5.62. The van der Waals surface area contributed by atoms with Gasteiger partial charge in [0.2, 0.25) is 0 Å². The zero-order valence-electron chi connectivity index (χ0n) is 11.5. The SMILES string of the molecule is CCc1cc(CC(=O)c2cc(Br)ccc2I)n(CC)n1. The molecule has 106 valence electrons. The molecule has 0 amide bonds. The van der Waals surface area contributed by atoms with Crippen LogP contribution in [0.3, 0.4) is 0 Å². The molecule has 2 rings (SSSR count). The van der Waals surface area contributed by atoms with E-state index in [-0.39, 0.29) is 5.78 Å². The minimum absolute atomic E-state index is 0.132. The zero-order chi connectivity index (χ0) is 14.7. The molecule has 0 atom stereocenters. The summed E-state index contributed by atoms with van der Waals surface area (Å²) in [5, 5.41) is 4.49. The molecule has 0 spiro atoms. The molecular weight excluding hydrogens is 431 g/mol. The first-order valence-electron chi connectivity index (χ1n) is 6.59. The Labute approximate surface area is 141 Å². The number of carbonyl (C=O) groups is 1. The molecular formula is C15H16BrIN2O. The van der Waals surface area contributed by atoms with E-state index in [4.69, 9.17) is 0 Å². The number of carbonyl (C=O) groups excluding carboxylic acids is 1. The second-order valence-corrected chi connectivity index (χ2v) is 6.60. The van der Waals surface area contributed by atoms with Gasteiger partial charge in [-0.1, -0.05) is 22.9 Å². The fourth-order valence-electron chi connectivity index (χ4n) is 2.07. The Kier molecular flexibility index (Phi) is 5.37. The third kappa shape index (κ3) is 3.49. The molecule has 0 N–H and O–H groups in total. The van der Waals surface area contributed by atoms with Crippen LogP contribution in [0.1, 0.15) is 35.6 Å². The highest BCUT2D eigenvalue weighted by Crippen LogP contribution is 2.20. The van der Waals surface area contributed by atoms with Gasteiger partial charge in [-0.05, 0) is 60.2 Å². The molecule has 1 aromatic carbocycles. The molecule has 0 aliphatic rings. The van der Waals surface area contributed by atoms with Crippen LogP contribution < -0.4 is 0 Å². The van der Waals surface area contributed by atoms with E-state index in [2.05, 4.69) is 50.5 Å². The van der Waals surface area contributed by atoms with Crippen molar-refractivity contribution in [1.82, 2.24) is 9.78 Å². The first-order valence-corrected chi connectivity index (χ1v) is 8.46. The van der Waals surface area contributed by atoms with Gasteiger partial charge in [0.05, 0.1) is 12.1 Å². The Morgan fingerprint density at radius 2 is 2.10 bits per heavy atom. The first kappa shape index (κ1) is 15.7. The van der Waals surface area contributed by atoms with Crippen LogP contribution in [0, 0.1) is 3.57 Å². The number of benzene rings is 1. The third-order valence-corrected chi connectivity index (χ3v) is 4.58. The Balaban J connectivity index is 2.27. The number of rotatable bonds is 5. The monoisotopic (exact) mass is 446 g/mol. The highest BCUT2D eigenvalue weighted by molar-refractivity contribution is 14.1. The van der Waals surface area contributed by atoms with E-state index in [0.717, 1.165) is 38.0 Å². The van der Waals surface area contributed by atoms with Gasteiger partial charge in [0.1, 0.15) is 0 Å². The van der Waals surface area contributed by atoms with Gasteiger partial charge in [0, 0.05) is 25.8 Å². The summed E-state index contributed by atoms with van der Waals surface area (Å²) in [5.41, 5.74) is 2.80. The van der Waals surface area contributed by atoms with Crippen LogP contribution in [-0.2, 0) is 19.4 Å². The molecule has 2 aromatic rings. The summed E-state index contributed by atoms with van der Waals surface area (Å²) in [5.74, 6) is 0.132. The predicted octanol–water partition coefficient (Wildman–Crippen LogP) is 4.26. The average molecular weight is 447 g/mol. The summed E-state index contributed by atoms with van der Waals surface area (Å²) in [6.45, 7) is 4.91. The van der Waals surface area contributed by atoms with Crippen LogP contribution in [0.25, 0.3) is 0 Å². The van der Waals surface area contributed by atoms with Gasteiger partial charge in [-0.2, -0.15) is 5.10 Å². The summed E-state index contributed by atoms with van der Waals surface area (Å²) in [6.07, 6.45) is 1.29. The Hall–Kier alpha value is -0.690. The van der Waals surface area contributed by atoms with Gasteiger partial charge in [-0.3, -0.25) is 9.48 Å². The van der Waals surface area contributed by atoms with Crippen molar-refractivity contribution in [3.05, 3.63) is 49.3 Å². The van der Waals surface area contributed by atoms with Crippen molar-refractivity contribution in [1.29, 1.82) is 0 Å². The minimum Gasteiger partial charge on any atom is -0.294 e. The maximum Gasteiger partial charge on any atom is 0.169 e. The number of ketones is 1. The summed E-state index contributed by atoms with van der Waals surface area (Å²) in [7, 11) is 0. The molecule has 0 fully saturated rings. The van der Waals surface area contributed by atoms with Crippen molar-refractivity contribution in [3.8, 4) is 0 Å². The van der Waals surface area contributed by atoms with E-state index < -0.39 is 0 Å². The molecule has 0 saturated heterocycles. The fraction of sp³-hybridized carbons (Fsp3) is 0.333. The van der Waals surface area contributed by atoms with Crippen molar-refractivity contribution < 1.29 is 4.79 Å². The van der Waals surface area contributed by atoms with Crippen LogP contribution >= 0.6 is 38.5 Å². The molecule has 1 heterocycles. The largest absolute Gasteiger partial charge is 0.294 e. The second-order valence-electron chi connectivity index (χ2n) is 4.52. The van der Waals surface area contributed by atoms with Crippen molar-refractivity contribution >= 4 is 44.3 Å². The van der Waals surface area contributed by atoms with Gasteiger partial charge < -0.3 is 0 Å². The van der Waals surface area contributed by atoms with Gasteiger partial charge in [0.25, 0.3) is 0 Å². The number of aromatic nitrogens is 2. The quantitative estimate of drug-likeness (QED) is 0.508. The average Bonchev–Trinajstić information content (AvgIpc) is 2.83. The van der Waals surface area contributed by atoms with E-state index in [1.807, 2.05) is 35.9 Å². The fourth-order valence-corrected chi connectivity index (χ4v) is 3.07. The number of aryl methyl sites for hydroxylation is 2. The lowest BCUT2D eigenvalue weighted by Gasteiger charge is -2.06. The maximum absolute atomic E-state index is 12.5. The van der Waals surface area contributed by atoms with Crippen LogP contribution in [0.15, 0.2) is 28.7 Å². The summed E-state index contributed by atoms with van der Waals surface area (Å²) in [6, 6.07) is 7.82. The molecule has 0 saturated carbocycles. The van der Waals surface area contributed by atoms with E-state index in [9.17, 15) is 4.79 Å². The smallest absolute Gasteiger partial charge is 0.169 e. The normalized spacial score (nSPS) is 10.8. The van der Waals surface area contributed by atoms with Crippen LogP contribution in [0.2, 0.25) is 0 Å². The molecule has 0 unspecified atom stereocenters. The lowest BCUT2D eigenvalue weighted by Crippen LogP contribution is -2.11. The lowest BCUT2D eigenvalue weighted by molar-refractivity contribution is 0.0989. The third-order valence-electron chi connectivity index (χ3n) is 3.15. The standard InChI is InChI=1S/C15H16BrIN2O/c1-3-11-8-12(19(4-2)18-11)9-15(20)13-7-10(16)5-6-14(13)17/h5-8H,3-4,9H2,1-2H3. The molecule has 3 nitrogen and oxygen atoms in total. The first-order chi connectivity index (χ1) is 9.55. The van der Waals surface area contributed by atoms with Crippen molar-refractivity contribution in [2.75, 3.05) is 0 Å². The second kappa shape index (κ2) is 6.85. The predicted molar refractivity (Wildman–Crippen MR) is 92.2 cm³/mol. The Morgan fingerprint density at radius 3 is 2.75 bits per heavy atom. The number of Topliss-reactive ketones (excluding diaryl/α,β-unsaturated/α-hetero) is 1. The zero-order valence-corrected chi connectivity index (χ0v) is 15.2. The maximum atomic E-state index is 12.5. The number of halogens is 2. The summed E-state index contributed by atoms with van der Waals surface area (Å²) in [4.78, 5) is 12.5. The highest BCUT2D eigenvalue weighted by Gasteiger charge is 2.15. The van der Waals surface area contributed by atoms with Crippen LogP contribution in [0.4, 0.5) is 0 Å². The number of nitrogens with zero attached hydrogens (tertiary/aromatic N) is 2. The van der Waals surface area contributed by atoms with Crippen LogP contribution in [-0.4, -0.2) is 15.6 Å². The van der Waals surface area contributed by atoms with E-state index in [1.54, 1.807) is 0 Å². The molecule has 1 aromatic heterocycles. The number of hydrogen-bond acceptors (Lipinski definition) is 2. The van der Waals surface area contributed by atoms with Crippen molar-refractivity contribution in [3.63, 3.8) is 0 Å². The van der Waals surface area contributed by atoms with E-state index in [0.29, 0.717) is 6.42 Å². The molecule has 0 aliphatic heterocycles.